The van der Waals surface area contributed by atoms with E-state index in [1.807, 2.05) is 7.05 Å². The summed E-state index contributed by atoms with van der Waals surface area (Å²) in [6.45, 7) is 2.23. The molecule has 0 bridgehead atoms. The fourth-order valence-corrected chi connectivity index (χ4v) is 1.90. The first-order chi connectivity index (χ1) is 6.76. The Labute approximate surface area is 100 Å². The highest BCUT2D eigenvalue weighted by atomic mass is 127. The third-order valence-electron chi connectivity index (χ3n) is 2.60. The van der Waals surface area contributed by atoms with E-state index in [0.29, 0.717) is 6.04 Å². The Kier molecular flexibility index (Phi) is 5.48. The summed E-state index contributed by atoms with van der Waals surface area (Å²) in [4.78, 5) is 0. The van der Waals surface area contributed by atoms with Crippen molar-refractivity contribution in [1.82, 2.24) is 5.32 Å². The predicted molar refractivity (Wildman–Crippen MR) is 70.6 cm³/mol. The summed E-state index contributed by atoms with van der Waals surface area (Å²) >= 11 is 2.34. The maximum absolute atomic E-state index is 3.33. The molecular formula is C12H18IN. The average Bonchev–Trinajstić information content (AvgIpc) is 2.22. The van der Waals surface area contributed by atoms with Gasteiger partial charge in [-0.05, 0) is 66.6 Å². The van der Waals surface area contributed by atoms with Gasteiger partial charge in [-0.3, -0.25) is 0 Å². The van der Waals surface area contributed by atoms with Crippen molar-refractivity contribution in [3.63, 3.8) is 0 Å². The molecule has 0 saturated heterocycles. The lowest BCUT2D eigenvalue weighted by molar-refractivity contribution is 0.509. The van der Waals surface area contributed by atoms with E-state index in [1.165, 1.54) is 28.4 Å². The van der Waals surface area contributed by atoms with Crippen molar-refractivity contribution < 1.29 is 0 Å². The Balaban J connectivity index is 2.41. The van der Waals surface area contributed by atoms with Gasteiger partial charge in [-0.15, -0.1) is 0 Å². The summed E-state index contributed by atoms with van der Waals surface area (Å²) in [5.74, 6) is 0. The molecule has 1 nitrogen and oxygen atoms in total. The van der Waals surface area contributed by atoms with Gasteiger partial charge in [-0.2, -0.15) is 0 Å². The van der Waals surface area contributed by atoms with Gasteiger partial charge in [-0.25, -0.2) is 0 Å². The van der Waals surface area contributed by atoms with Gasteiger partial charge in [0.25, 0.3) is 0 Å². The molecule has 0 spiro atoms. The van der Waals surface area contributed by atoms with Crippen LogP contribution in [-0.4, -0.2) is 13.1 Å². The average molecular weight is 303 g/mol. The normalized spacial score (nSPS) is 12.8. The van der Waals surface area contributed by atoms with Crippen molar-refractivity contribution in [2.45, 2.75) is 32.2 Å². The first-order valence-corrected chi connectivity index (χ1v) is 6.25. The van der Waals surface area contributed by atoms with E-state index in [2.05, 4.69) is 59.1 Å². The van der Waals surface area contributed by atoms with Gasteiger partial charge < -0.3 is 5.32 Å². The largest absolute Gasteiger partial charge is 0.317 e. The van der Waals surface area contributed by atoms with Crippen molar-refractivity contribution in [3.05, 3.63) is 33.4 Å². The molecular weight excluding hydrogens is 285 g/mol. The van der Waals surface area contributed by atoms with E-state index in [4.69, 9.17) is 0 Å². The SMILES string of the molecule is CCC(CCc1ccc(I)cc1)NC. The van der Waals surface area contributed by atoms with Crippen LogP contribution in [0.15, 0.2) is 24.3 Å². The first kappa shape index (κ1) is 12.0. The molecule has 1 rings (SSSR count). The van der Waals surface area contributed by atoms with Crippen molar-refractivity contribution in [1.29, 1.82) is 0 Å². The van der Waals surface area contributed by atoms with Crippen molar-refractivity contribution in [2.75, 3.05) is 7.05 Å². The van der Waals surface area contributed by atoms with Crippen LogP contribution in [0.1, 0.15) is 25.3 Å². The molecule has 1 aromatic carbocycles. The lowest BCUT2D eigenvalue weighted by atomic mass is 10.0. The van der Waals surface area contributed by atoms with E-state index in [0.717, 1.165) is 0 Å². The zero-order valence-electron chi connectivity index (χ0n) is 8.89. The Morgan fingerprint density at radius 3 is 2.43 bits per heavy atom. The molecule has 1 atom stereocenters. The van der Waals surface area contributed by atoms with Crippen LogP contribution < -0.4 is 5.32 Å². The highest BCUT2D eigenvalue weighted by Gasteiger charge is 2.02. The topological polar surface area (TPSA) is 12.0 Å². The number of halogens is 1. The number of rotatable bonds is 5. The quantitative estimate of drug-likeness (QED) is 0.824. The molecule has 78 valence electrons. The summed E-state index contributed by atoms with van der Waals surface area (Å²) in [5, 5.41) is 3.33. The summed E-state index contributed by atoms with van der Waals surface area (Å²) in [6, 6.07) is 9.47. The molecule has 2 heteroatoms. The molecule has 0 aliphatic carbocycles. The minimum atomic E-state index is 0.661. The van der Waals surface area contributed by atoms with Crippen LogP contribution in [0.2, 0.25) is 0 Å². The van der Waals surface area contributed by atoms with Crippen molar-refractivity contribution >= 4 is 22.6 Å². The van der Waals surface area contributed by atoms with Crippen molar-refractivity contribution in [2.24, 2.45) is 0 Å². The van der Waals surface area contributed by atoms with Gasteiger partial charge in [0.1, 0.15) is 0 Å². The van der Waals surface area contributed by atoms with Gasteiger partial charge in [0.05, 0.1) is 0 Å². The standard InChI is InChI=1S/C12H18IN/c1-3-12(14-2)9-6-10-4-7-11(13)8-5-10/h4-5,7-8,12,14H,3,6,9H2,1-2H3. The third-order valence-corrected chi connectivity index (χ3v) is 3.31. The number of aryl methyl sites for hydroxylation is 1. The number of hydrogen-bond acceptors (Lipinski definition) is 1. The monoisotopic (exact) mass is 303 g/mol. The number of hydrogen-bond donors (Lipinski definition) is 1. The zero-order valence-corrected chi connectivity index (χ0v) is 11.0. The van der Waals surface area contributed by atoms with Gasteiger partial charge >= 0.3 is 0 Å². The minimum absolute atomic E-state index is 0.661. The van der Waals surface area contributed by atoms with Gasteiger partial charge in [-0.1, -0.05) is 19.1 Å². The maximum Gasteiger partial charge on any atom is 0.0130 e. The van der Waals surface area contributed by atoms with Crippen LogP contribution in [0, 0.1) is 3.57 Å². The van der Waals surface area contributed by atoms with Gasteiger partial charge in [0.2, 0.25) is 0 Å². The Hall–Kier alpha value is -0.0900. The summed E-state index contributed by atoms with van der Waals surface area (Å²) in [7, 11) is 2.04. The Morgan fingerprint density at radius 2 is 1.93 bits per heavy atom. The van der Waals surface area contributed by atoms with Crippen LogP contribution in [-0.2, 0) is 6.42 Å². The molecule has 0 fully saturated rings. The minimum Gasteiger partial charge on any atom is -0.317 e. The van der Waals surface area contributed by atoms with Crippen LogP contribution in [0.5, 0.6) is 0 Å². The highest BCUT2D eigenvalue weighted by molar-refractivity contribution is 14.1. The second kappa shape index (κ2) is 6.40. The van der Waals surface area contributed by atoms with Crippen LogP contribution in [0.3, 0.4) is 0 Å². The van der Waals surface area contributed by atoms with E-state index < -0.39 is 0 Å². The fraction of sp³-hybridized carbons (Fsp3) is 0.500. The molecule has 0 aliphatic heterocycles. The first-order valence-electron chi connectivity index (χ1n) is 5.18. The molecule has 0 heterocycles. The molecule has 0 radical (unpaired) electrons. The Bertz CT molecular complexity index is 252. The molecule has 1 aromatic rings. The summed E-state index contributed by atoms with van der Waals surface area (Å²) in [5.41, 5.74) is 1.44. The molecule has 1 unspecified atom stereocenters. The molecule has 14 heavy (non-hydrogen) atoms. The summed E-state index contributed by atoms with van der Waals surface area (Å²) in [6.07, 6.45) is 3.62. The predicted octanol–water partition coefficient (Wildman–Crippen LogP) is 3.22. The lowest BCUT2D eigenvalue weighted by Gasteiger charge is -2.13. The molecule has 0 saturated carbocycles. The van der Waals surface area contributed by atoms with E-state index in [1.54, 1.807) is 0 Å². The second-order valence-electron chi connectivity index (χ2n) is 3.56. The smallest absolute Gasteiger partial charge is 0.0130 e. The Morgan fingerprint density at radius 1 is 1.29 bits per heavy atom. The molecule has 0 aliphatic rings. The summed E-state index contributed by atoms with van der Waals surface area (Å²) < 4.78 is 1.31. The van der Waals surface area contributed by atoms with Crippen LogP contribution >= 0.6 is 22.6 Å². The number of benzene rings is 1. The fourth-order valence-electron chi connectivity index (χ4n) is 1.54. The molecule has 0 aromatic heterocycles. The van der Waals surface area contributed by atoms with Crippen molar-refractivity contribution in [3.8, 4) is 0 Å². The lowest BCUT2D eigenvalue weighted by Crippen LogP contribution is -2.24. The van der Waals surface area contributed by atoms with Gasteiger partial charge in [0.15, 0.2) is 0 Å². The second-order valence-corrected chi connectivity index (χ2v) is 4.80. The van der Waals surface area contributed by atoms with E-state index >= 15 is 0 Å². The molecule has 0 amide bonds. The van der Waals surface area contributed by atoms with E-state index in [9.17, 15) is 0 Å². The van der Waals surface area contributed by atoms with Crippen LogP contribution in [0.25, 0.3) is 0 Å². The number of nitrogens with one attached hydrogen (secondary N) is 1. The third kappa shape index (κ3) is 3.96. The zero-order chi connectivity index (χ0) is 10.4. The van der Waals surface area contributed by atoms with Gasteiger partial charge in [0, 0.05) is 9.61 Å². The molecule has 1 N–H and O–H groups in total. The maximum atomic E-state index is 3.33. The highest BCUT2D eigenvalue weighted by Crippen LogP contribution is 2.10. The van der Waals surface area contributed by atoms with E-state index in [-0.39, 0.29) is 0 Å². The van der Waals surface area contributed by atoms with Crippen LogP contribution in [0.4, 0.5) is 0 Å².